The SMILES string of the molecule is NC1CCCC1CNC(=O)Cc1ccc(F)cc1F. The first-order valence-corrected chi connectivity index (χ1v) is 6.52. The van der Waals surface area contributed by atoms with Gasteiger partial charge >= 0.3 is 0 Å². The maximum Gasteiger partial charge on any atom is 0.224 e. The third kappa shape index (κ3) is 3.73. The number of halogens is 2. The highest BCUT2D eigenvalue weighted by molar-refractivity contribution is 5.78. The van der Waals surface area contributed by atoms with E-state index in [4.69, 9.17) is 5.73 Å². The first kappa shape index (κ1) is 13.9. The summed E-state index contributed by atoms with van der Waals surface area (Å²) in [6, 6.07) is 3.38. The van der Waals surface area contributed by atoms with Crippen LogP contribution in [0.2, 0.25) is 0 Å². The van der Waals surface area contributed by atoms with Gasteiger partial charge < -0.3 is 11.1 Å². The van der Waals surface area contributed by atoms with Crippen LogP contribution in [0.3, 0.4) is 0 Å². The van der Waals surface area contributed by atoms with Crippen LogP contribution in [0.15, 0.2) is 18.2 Å². The van der Waals surface area contributed by atoms with Crippen molar-refractivity contribution in [1.82, 2.24) is 5.32 Å². The van der Waals surface area contributed by atoms with Gasteiger partial charge in [0.25, 0.3) is 0 Å². The van der Waals surface area contributed by atoms with Crippen molar-refractivity contribution in [2.45, 2.75) is 31.7 Å². The summed E-state index contributed by atoms with van der Waals surface area (Å²) in [6.07, 6.45) is 3.03. The normalized spacial score (nSPS) is 22.5. The van der Waals surface area contributed by atoms with Gasteiger partial charge in [-0.25, -0.2) is 8.78 Å². The van der Waals surface area contributed by atoms with Gasteiger partial charge in [-0.05, 0) is 30.4 Å². The number of carbonyl (C=O) groups excluding carboxylic acids is 1. The minimum absolute atomic E-state index is 0.0753. The topological polar surface area (TPSA) is 55.1 Å². The molecule has 0 heterocycles. The van der Waals surface area contributed by atoms with E-state index in [9.17, 15) is 13.6 Å². The molecule has 19 heavy (non-hydrogen) atoms. The fraction of sp³-hybridized carbons (Fsp3) is 0.500. The quantitative estimate of drug-likeness (QED) is 0.874. The zero-order valence-corrected chi connectivity index (χ0v) is 10.7. The number of rotatable bonds is 4. The molecule has 2 unspecified atom stereocenters. The minimum atomic E-state index is -0.687. The molecule has 0 radical (unpaired) electrons. The Balaban J connectivity index is 1.84. The van der Waals surface area contributed by atoms with Crippen molar-refractivity contribution in [1.29, 1.82) is 0 Å². The smallest absolute Gasteiger partial charge is 0.224 e. The lowest BCUT2D eigenvalue weighted by molar-refractivity contribution is -0.120. The Bertz CT molecular complexity index is 465. The van der Waals surface area contributed by atoms with Crippen LogP contribution in [0.25, 0.3) is 0 Å². The molecule has 1 aromatic rings. The molecule has 0 spiro atoms. The van der Waals surface area contributed by atoms with E-state index in [2.05, 4.69) is 5.32 Å². The average molecular weight is 268 g/mol. The van der Waals surface area contributed by atoms with Crippen molar-refractivity contribution >= 4 is 5.91 Å². The van der Waals surface area contributed by atoms with E-state index in [1.54, 1.807) is 0 Å². The molecule has 1 aliphatic carbocycles. The Labute approximate surface area is 111 Å². The average Bonchev–Trinajstić information content (AvgIpc) is 2.76. The molecule has 0 bridgehead atoms. The predicted molar refractivity (Wildman–Crippen MR) is 68.4 cm³/mol. The molecule has 1 aromatic carbocycles. The molecule has 1 saturated carbocycles. The molecule has 0 aromatic heterocycles. The van der Waals surface area contributed by atoms with E-state index in [0.717, 1.165) is 31.4 Å². The van der Waals surface area contributed by atoms with Gasteiger partial charge in [-0.1, -0.05) is 12.5 Å². The van der Waals surface area contributed by atoms with E-state index in [-0.39, 0.29) is 23.9 Å². The van der Waals surface area contributed by atoms with Crippen LogP contribution in [0.5, 0.6) is 0 Å². The second-order valence-electron chi connectivity index (χ2n) is 5.07. The first-order chi connectivity index (χ1) is 9.06. The molecule has 5 heteroatoms. The first-order valence-electron chi connectivity index (χ1n) is 6.52. The monoisotopic (exact) mass is 268 g/mol. The Kier molecular flexibility index (Phi) is 4.47. The molecule has 104 valence electrons. The van der Waals surface area contributed by atoms with Crippen molar-refractivity contribution < 1.29 is 13.6 Å². The number of nitrogens with two attached hydrogens (primary N) is 1. The van der Waals surface area contributed by atoms with Gasteiger partial charge in [0.2, 0.25) is 5.91 Å². The molecule has 2 atom stereocenters. The standard InChI is InChI=1S/C14H18F2N2O/c15-11-5-4-9(12(16)7-11)6-14(19)18-8-10-2-1-3-13(10)17/h4-5,7,10,13H,1-3,6,8,17H2,(H,18,19). The van der Waals surface area contributed by atoms with Crippen LogP contribution in [0, 0.1) is 17.6 Å². The molecule has 0 aliphatic heterocycles. The van der Waals surface area contributed by atoms with Crippen LogP contribution < -0.4 is 11.1 Å². The lowest BCUT2D eigenvalue weighted by Crippen LogP contribution is -2.36. The molecule has 2 rings (SSSR count). The number of benzene rings is 1. The Hall–Kier alpha value is -1.49. The molecular formula is C14H18F2N2O. The minimum Gasteiger partial charge on any atom is -0.355 e. The number of carbonyl (C=O) groups is 1. The molecule has 1 aliphatic rings. The van der Waals surface area contributed by atoms with Gasteiger partial charge in [-0.2, -0.15) is 0 Å². The maximum atomic E-state index is 13.4. The highest BCUT2D eigenvalue weighted by atomic mass is 19.1. The van der Waals surface area contributed by atoms with Crippen LogP contribution in [0.1, 0.15) is 24.8 Å². The second-order valence-corrected chi connectivity index (χ2v) is 5.07. The van der Waals surface area contributed by atoms with Crippen LogP contribution in [-0.4, -0.2) is 18.5 Å². The van der Waals surface area contributed by atoms with Gasteiger partial charge in [-0.3, -0.25) is 4.79 Å². The molecule has 3 N–H and O–H groups in total. The highest BCUT2D eigenvalue weighted by Gasteiger charge is 2.24. The summed E-state index contributed by atoms with van der Waals surface area (Å²) in [5.41, 5.74) is 6.11. The lowest BCUT2D eigenvalue weighted by Gasteiger charge is -2.15. The molecular weight excluding hydrogens is 250 g/mol. The highest BCUT2D eigenvalue weighted by Crippen LogP contribution is 2.23. The van der Waals surface area contributed by atoms with E-state index < -0.39 is 11.6 Å². The Morgan fingerprint density at radius 3 is 2.79 bits per heavy atom. The molecule has 1 fully saturated rings. The summed E-state index contributed by atoms with van der Waals surface area (Å²) in [6.45, 7) is 0.531. The molecule has 0 saturated heterocycles. The van der Waals surface area contributed by atoms with Crippen molar-refractivity contribution in [2.24, 2.45) is 11.7 Å². The van der Waals surface area contributed by atoms with Gasteiger partial charge in [0.1, 0.15) is 11.6 Å². The summed E-state index contributed by atoms with van der Waals surface area (Å²) in [5.74, 6) is -1.28. The third-order valence-electron chi connectivity index (χ3n) is 3.65. The number of nitrogens with one attached hydrogen (secondary N) is 1. The predicted octanol–water partition coefficient (Wildman–Crippen LogP) is 1.75. The summed E-state index contributed by atoms with van der Waals surface area (Å²) in [5, 5.41) is 2.77. The largest absolute Gasteiger partial charge is 0.355 e. The molecule has 1 amide bonds. The Morgan fingerprint density at radius 1 is 1.37 bits per heavy atom. The summed E-state index contributed by atoms with van der Waals surface area (Å²) >= 11 is 0. The zero-order chi connectivity index (χ0) is 13.8. The number of hydrogen-bond acceptors (Lipinski definition) is 2. The summed E-state index contributed by atoms with van der Waals surface area (Å²) in [4.78, 5) is 11.7. The van der Waals surface area contributed by atoms with Gasteiger partial charge in [0.15, 0.2) is 0 Å². The van der Waals surface area contributed by atoms with Gasteiger partial charge in [-0.15, -0.1) is 0 Å². The fourth-order valence-electron chi connectivity index (χ4n) is 2.46. The van der Waals surface area contributed by atoms with Crippen molar-refractivity contribution in [3.05, 3.63) is 35.4 Å². The maximum absolute atomic E-state index is 13.4. The van der Waals surface area contributed by atoms with Crippen molar-refractivity contribution in [3.8, 4) is 0 Å². The zero-order valence-electron chi connectivity index (χ0n) is 10.7. The lowest BCUT2D eigenvalue weighted by atomic mass is 10.0. The number of amides is 1. The van der Waals surface area contributed by atoms with Crippen LogP contribution in [-0.2, 0) is 11.2 Å². The van der Waals surface area contributed by atoms with Gasteiger partial charge in [0.05, 0.1) is 6.42 Å². The second kappa shape index (κ2) is 6.10. The van der Waals surface area contributed by atoms with Crippen molar-refractivity contribution in [2.75, 3.05) is 6.54 Å². The third-order valence-corrected chi connectivity index (χ3v) is 3.65. The summed E-state index contributed by atoms with van der Waals surface area (Å²) in [7, 11) is 0. The number of hydrogen-bond donors (Lipinski definition) is 2. The van der Waals surface area contributed by atoms with Crippen LogP contribution in [0.4, 0.5) is 8.78 Å². The Morgan fingerprint density at radius 2 is 2.16 bits per heavy atom. The van der Waals surface area contributed by atoms with E-state index >= 15 is 0 Å². The summed E-state index contributed by atoms with van der Waals surface area (Å²) < 4.78 is 26.1. The van der Waals surface area contributed by atoms with Gasteiger partial charge in [0, 0.05) is 18.7 Å². The fourth-order valence-corrected chi connectivity index (χ4v) is 2.46. The molecule has 3 nitrogen and oxygen atoms in total. The van der Waals surface area contributed by atoms with Crippen molar-refractivity contribution in [3.63, 3.8) is 0 Å². The van der Waals surface area contributed by atoms with E-state index in [1.165, 1.54) is 6.07 Å². The van der Waals surface area contributed by atoms with E-state index in [0.29, 0.717) is 12.5 Å². The van der Waals surface area contributed by atoms with Crippen LogP contribution >= 0.6 is 0 Å². The van der Waals surface area contributed by atoms with E-state index in [1.807, 2.05) is 0 Å².